The highest BCUT2D eigenvalue weighted by atomic mass is 16.6. The summed E-state index contributed by atoms with van der Waals surface area (Å²) in [6.45, 7) is 0. The molecule has 1 aliphatic heterocycles. The Hall–Kier alpha value is -0.780. The minimum Gasteiger partial charge on any atom is -0.400 e. The fourth-order valence-corrected chi connectivity index (χ4v) is 2.47. The van der Waals surface area contributed by atoms with Gasteiger partial charge in [-0.1, -0.05) is 33.1 Å². The average Bonchev–Trinajstić information content (AvgIpc) is 3.25. The third kappa shape index (κ3) is 10.6. The van der Waals surface area contributed by atoms with E-state index in [0.717, 1.165) is 32.8 Å². The second kappa shape index (κ2) is 14.2. The van der Waals surface area contributed by atoms with Crippen molar-refractivity contribution in [1.82, 2.24) is 0 Å². The normalized spacial score (nSPS) is 31.8. The van der Waals surface area contributed by atoms with Gasteiger partial charge < -0.3 is 20.1 Å². The Kier molecular flexibility index (Phi) is 15.2. The van der Waals surface area contributed by atoms with Crippen LogP contribution in [-0.2, 0) is 14.3 Å². The van der Waals surface area contributed by atoms with E-state index in [4.69, 9.17) is 29.6 Å². The van der Waals surface area contributed by atoms with Crippen molar-refractivity contribution < 1.29 is 29.6 Å². The molecule has 3 N–H and O–H groups in total. The van der Waals surface area contributed by atoms with Gasteiger partial charge in [-0.25, -0.2) is 0 Å². The third-order valence-corrected chi connectivity index (χ3v) is 3.61. The molecule has 3 aliphatic rings. The Morgan fingerprint density at radius 3 is 1.33 bits per heavy atom. The molecule has 0 aromatic rings. The van der Waals surface area contributed by atoms with Gasteiger partial charge in [0.2, 0.25) is 0 Å². The van der Waals surface area contributed by atoms with Crippen LogP contribution in [-0.4, -0.2) is 53.0 Å². The van der Waals surface area contributed by atoms with Gasteiger partial charge in [-0.05, 0) is 25.7 Å². The molecule has 6 nitrogen and oxygen atoms in total. The molecule has 2 aliphatic carbocycles. The van der Waals surface area contributed by atoms with Gasteiger partial charge in [-0.15, -0.1) is 0 Å². The molecule has 21 heavy (non-hydrogen) atoms. The lowest BCUT2D eigenvalue weighted by atomic mass is 9.95. The van der Waals surface area contributed by atoms with E-state index in [1.807, 2.05) is 0 Å². The first-order valence-corrected chi connectivity index (χ1v) is 7.14. The maximum atomic E-state index is 8.93. The highest BCUT2D eigenvalue weighted by Gasteiger charge is 2.39. The maximum Gasteiger partial charge on any atom is 0.373 e. The van der Waals surface area contributed by atoms with E-state index in [1.165, 1.54) is 25.7 Å². The first-order valence-electron chi connectivity index (χ1n) is 7.14. The average molecular weight is 306 g/mol. The first kappa shape index (κ1) is 22.5. The standard InChI is InChI=1S/C6H12O2.C6H10O.CO2.CH4O.CH4/c7-5-3-1-2-4-6(5)8;1-2-4-6-5(3-1)7-6;2-1-3;1-2;/h5-8H,1-4H2;5-6H,1-4H2;;2H,1H3;1H4. The van der Waals surface area contributed by atoms with Gasteiger partial charge in [0.1, 0.15) is 0 Å². The molecular formula is C15H30O6. The lowest BCUT2D eigenvalue weighted by molar-refractivity contribution is -0.191. The van der Waals surface area contributed by atoms with Gasteiger partial charge in [0.05, 0.1) is 24.4 Å². The summed E-state index contributed by atoms with van der Waals surface area (Å²) in [5.41, 5.74) is 0. The third-order valence-electron chi connectivity index (χ3n) is 3.61. The SMILES string of the molecule is C.C1CCC2OC2C1.CO.O=C=O.OC1CCCCC1O. The summed E-state index contributed by atoms with van der Waals surface area (Å²) < 4.78 is 5.28. The summed E-state index contributed by atoms with van der Waals surface area (Å²) in [6, 6.07) is 0. The monoisotopic (exact) mass is 306 g/mol. The number of epoxide rings is 1. The topological polar surface area (TPSA) is 107 Å². The molecule has 6 heteroatoms. The number of hydrogen-bond acceptors (Lipinski definition) is 6. The van der Waals surface area contributed by atoms with Crippen molar-refractivity contribution in [2.75, 3.05) is 7.11 Å². The van der Waals surface area contributed by atoms with Gasteiger partial charge in [0, 0.05) is 7.11 Å². The molecule has 0 bridgehead atoms. The van der Waals surface area contributed by atoms with E-state index in [0.29, 0.717) is 12.2 Å². The Bertz CT molecular complexity index is 245. The molecule has 1 heterocycles. The zero-order valence-corrected chi connectivity index (χ0v) is 12.0. The minimum atomic E-state index is -0.441. The van der Waals surface area contributed by atoms with Crippen molar-refractivity contribution in [3.8, 4) is 0 Å². The predicted octanol–water partition coefficient (Wildman–Crippen LogP) is 1.27. The Morgan fingerprint density at radius 1 is 0.810 bits per heavy atom. The predicted molar refractivity (Wildman–Crippen MR) is 77.5 cm³/mol. The summed E-state index contributed by atoms with van der Waals surface area (Å²) in [6.07, 6.45) is 9.95. The first-order chi connectivity index (χ1) is 9.69. The molecule has 0 aromatic heterocycles. The van der Waals surface area contributed by atoms with Crippen LogP contribution in [0.4, 0.5) is 0 Å². The van der Waals surface area contributed by atoms with Crippen LogP contribution in [0.25, 0.3) is 0 Å². The second-order valence-corrected chi connectivity index (χ2v) is 5.00. The summed E-state index contributed by atoms with van der Waals surface area (Å²) in [5.74, 6) is 0. The van der Waals surface area contributed by atoms with Crippen molar-refractivity contribution in [1.29, 1.82) is 0 Å². The highest BCUT2D eigenvalue weighted by Crippen LogP contribution is 2.35. The van der Waals surface area contributed by atoms with Crippen LogP contribution in [0.2, 0.25) is 0 Å². The molecule has 0 amide bonds. The van der Waals surface area contributed by atoms with Crippen molar-refractivity contribution in [3.05, 3.63) is 0 Å². The molecular weight excluding hydrogens is 276 g/mol. The van der Waals surface area contributed by atoms with Crippen LogP contribution in [0.15, 0.2) is 0 Å². The molecule has 126 valence electrons. The molecule has 4 unspecified atom stereocenters. The molecule has 0 aromatic carbocycles. The van der Waals surface area contributed by atoms with E-state index < -0.39 is 12.2 Å². The molecule has 3 rings (SSSR count). The van der Waals surface area contributed by atoms with E-state index in [9.17, 15) is 0 Å². The van der Waals surface area contributed by atoms with Crippen LogP contribution in [0.5, 0.6) is 0 Å². The molecule has 0 radical (unpaired) electrons. The van der Waals surface area contributed by atoms with Crippen molar-refractivity contribution >= 4 is 6.15 Å². The molecule has 2 saturated carbocycles. The van der Waals surface area contributed by atoms with Gasteiger partial charge in [-0.2, -0.15) is 9.59 Å². The summed E-state index contributed by atoms with van der Waals surface area (Å²) >= 11 is 0. The molecule has 4 atom stereocenters. The maximum absolute atomic E-state index is 8.93. The van der Waals surface area contributed by atoms with Gasteiger partial charge in [0.15, 0.2) is 0 Å². The number of rotatable bonds is 0. The largest absolute Gasteiger partial charge is 0.400 e. The van der Waals surface area contributed by atoms with Crippen molar-refractivity contribution in [2.45, 2.75) is 83.2 Å². The number of hydrogen-bond donors (Lipinski definition) is 3. The van der Waals surface area contributed by atoms with E-state index in [2.05, 4.69) is 0 Å². The fourth-order valence-electron chi connectivity index (χ4n) is 2.47. The van der Waals surface area contributed by atoms with Gasteiger partial charge in [0.25, 0.3) is 0 Å². The van der Waals surface area contributed by atoms with Gasteiger partial charge >= 0.3 is 6.15 Å². The zero-order chi connectivity index (χ0) is 15.4. The fraction of sp³-hybridized carbons (Fsp3) is 0.933. The summed E-state index contributed by atoms with van der Waals surface area (Å²) in [4.78, 5) is 16.2. The van der Waals surface area contributed by atoms with Crippen LogP contribution >= 0.6 is 0 Å². The minimum absolute atomic E-state index is 0. The Labute approximate surface area is 127 Å². The Balaban J connectivity index is 0. The van der Waals surface area contributed by atoms with Crippen LogP contribution in [0.3, 0.4) is 0 Å². The van der Waals surface area contributed by atoms with Crippen LogP contribution < -0.4 is 0 Å². The molecule has 0 spiro atoms. The Morgan fingerprint density at radius 2 is 1.10 bits per heavy atom. The van der Waals surface area contributed by atoms with E-state index >= 15 is 0 Å². The number of ether oxygens (including phenoxy) is 1. The number of fused-ring (bicyclic) bond motifs is 1. The smallest absolute Gasteiger partial charge is 0.373 e. The lowest BCUT2D eigenvalue weighted by Gasteiger charge is -2.22. The molecule has 3 fully saturated rings. The lowest BCUT2D eigenvalue weighted by Crippen LogP contribution is -2.28. The number of aliphatic hydroxyl groups excluding tert-OH is 3. The highest BCUT2D eigenvalue weighted by molar-refractivity contribution is 5.20. The molecule has 1 saturated heterocycles. The second-order valence-electron chi connectivity index (χ2n) is 5.00. The van der Waals surface area contributed by atoms with Gasteiger partial charge in [-0.3, -0.25) is 0 Å². The number of aliphatic hydroxyl groups is 3. The van der Waals surface area contributed by atoms with E-state index in [1.54, 1.807) is 0 Å². The summed E-state index contributed by atoms with van der Waals surface area (Å²) in [7, 11) is 1.00. The zero-order valence-electron chi connectivity index (χ0n) is 12.0. The quantitative estimate of drug-likeness (QED) is 0.582. The van der Waals surface area contributed by atoms with E-state index in [-0.39, 0.29) is 13.6 Å². The van der Waals surface area contributed by atoms with Crippen LogP contribution in [0.1, 0.15) is 58.8 Å². The van der Waals surface area contributed by atoms with Crippen molar-refractivity contribution in [2.24, 2.45) is 0 Å². The number of carbonyl (C=O) groups excluding carboxylic acids is 2. The van der Waals surface area contributed by atoms with Crippen molar-refractivity contribution in [3.63, 3.8) is 0 Å². The summed E-state index contributed by atoms with van der Waals surface area (Å²) in [5, 5.41) is 24.9. The van der Waals surface area contributed by atoms with Crippen LogP contribution in [0, 0.1) is 0 Å².